The quantitative estimate of drug-likeness (QED) is 0.150. The van der Waals surface area contributed by atoms with Crippen LogP contribution in [0.25, 0.3) is 22.3 Å². The van der Waals surface area contributed by atoms with Crippen molar-refractivity contribution in [2.75, 3.05) is 14.7 Å². The summed E-state index contributed by atoms with van der Waals surface area (Å²) in [6, 6.07) is 51.2. The van der Waals surface area contributed by atoms with Crippen LogP contribution in [-0.2, 0) is 0 Å². The van der Waals surface area contributed by atoms with E-state index in [1.807, 2.05) is 84.9 Å². The molecule has 3 nitrogen and oxygen atoms in total. The normalized spacial score (nSPS) is 14.8. The Hall–Kier alpha value is -7.56. The third kappa shape index (κ3) is 5.69. The van der Waals surface area contributed by atoms with Gasteiger partial charge in [0.15, 0.2) is 0 Å². The van der Waals surface area contributed by atoms with Crippen LogP contribution in [0.15, 0.2) is 230 Å². The summed E-state index contributed by atoms with van der Waals surface area (Å²) in [5.74, 6) is 0. The number of para-hydroxylation sites is 3. The van der Waals surface area contributed by atoms with Gasteiger partial charge in [-0.2, -0.15) is 0 Å². The van der Waals surface area contributed by atoms with Gasteiger partial charge in [-0.3, -0.25) is 0 Å². The molecule has 0 aliphatic carbocycles. The Bertz CT molecular complexity index is 3380. The lowest BCUT2D eigenvalue weighted by molar-refractivity contribution is 1.24. The molecule has 0 spiro atoms. The molecule has 0 saturated heterocycles. The lowest BCUT2D eigenvalue weighted by atomic mass is 9.33. The second-order valence-corrected chi connectivity index (χ2v) is 14.2. The standard InChI is InChI=1S/C54H38BN3/c1-6-18-39(19-7-1)41-22-16-29-46(36-41)58-51-31-17-30-50-54(51)55(48-34-32-42(37-52(48)58)40-20-8-2-9-21-40)49-35-33-47(38-53(49)57(50)45-27-14-5-15-28-45)56(43-23-10-3-11-24-43)44-25-12-4-13-26-44/h1-38H/i3D,4D,10D,11D,12D,13D,23D,24D,25D,26D. The average Bonchev–Trinajstić information content (AvgIpc) is 3.38. The van der Waals surface area contributed by atoms with Crippen molar-refractivity contribution in [2.45, 2.75) is 0 Å². The second kappa shape index (κ2) is 14.2. The van der Waals surface area contributed by atoms with Gasteiger partial charge in [-0.1, -0.05) is 152 Å². The highest BCUT2D eigenvalue weighted by Gasteiger charge is 2.43. The van der Waals surface area contributed by atoms with E-state index in [0.29, 0.717) is 5.69 Å². The highest BCUT2D eigenvalue weighted by Crippen LogP contribution is 2.46. The minimum absolute atomic E-state index is 0.219. The maximum absolute atomic E-state index is 9.14. The lowest BCUT2D eigenvalue weighted by Gasteiger charge is -2.44. The van der Waals surface area contributed by atoms with Gasteiger partial charge in [0, 0.05) is 51.2 Å². The molecule has 0 N–H and O–H groups in total. The summed E-state index contributed by atoms with van der Waals surface area (Å²) in [7, 11) is 0. The van der Waals surface area contributed by atoms with Crippen LogP contribution in [0.4, 0.5) is 51.2 Å². The monoisotopic (exact) mass is 749 g/mol. The molecule has 0 aromatic heterocycles. The number of anilines is 9. The van der Waals surface area contributed by atoms with Crippen molar-refractivity contribution in [3.8, 4) is 22.3 Å². The van der Waals surface area contributed by atoms with Crippen molar-refractivity contribution < 1.29 is 13.7 Å². The molecule has 0 unspecified atom stereocenters. The van der Waals surface area contributed by atoms with Crippen LogP contribution in [0, 0.1) is 0 Å². The lowest BCUT2D eigenvalue weighted by Crippen LogP contribution is -2.61. The van der Waals surface area contributed by atoms with E-state index in [4.69, 9.17) is 13.7 Å². The molecule has 0 radical (unpaired) electrons. The first kappa shape index (κ1) is 24.9. The molecule has 2 heterocycles. The molecule has 9 aromatic rings. The van der Waals surface area contributed by atoms with E-state index in [1.165, 1.54) is 4.90 Å². The SMILES string of the molecule is [2H]c1c([2H])c([2H])c(N(c2ccc3c(c2)N(c2ccccc2)c2cccc4c2B3c2ccc(-c3ccccc3)cc2N4c2cccc(-c3ccccc3)c2)c2c([2H])c([2H])c([2H])c([2H])c2[2H])c([2H])c1[2H]. The Morgan fingerprint density at radius 2 is 0.845 bits per heavy atom. The van der Waals surface area contributed by atoms with Gasteiger partial charge < -0.3 is 14.7 Å². The van der Waals surface area contributed by atoms with Crippen LogP contribution >= 0.6 is 0 Å². The van der Waals surface area contributed by atoms with Crippen molar-refractivity contribution in [1.29, 1.82) is 0 Å². The third-order valence-corrected chi connectivity index (χ3v) is 11.0. The van der Waals surface area contributed by atoms with Crippen molar-refractivity contribution in [1.82, 2.24) is 0 Å². The summed E-state index contributed by atoms with van der Waals surface area (Å²) in [5.41, 5.74) is 12.1. The van der Waals surface area contributed by atoms with E-state index in [1.54, 1.807) is 6.07 Å². The second-order valence-electron chi connectivity index (χ2n) is 14.2. The highest BCUT2D eigenvalue weighted by atomic mass is 15.2. The first-order valence-electron chi connectivity index (χ1n) is 24.2. The molecule has 4 heteroatoms. The van der Waals surface area contributed by atoms with Crippen LogP contribution in [0.2, 0.25) is 0 Å². The maximum atomic E-state index is 9.14. The molecule has 0 fully saturated rings. The Balaban J connectivity index is 1.20. The average molecular weight is 750 g/mol. The van der Waals surface area contributed by atoms with Gasteiger partial charge in [0.05, 0.1) is 13.7 Å². The topological polar surface area (TPSA) is 9.72 Å². The summed E-state index contributed by atoms with van der Waals surface area (Å²) in [4.78, 5) is 5.70. The third-order valence-electron chi connectivity index (χ3n) is 11.0. The van der Waals surface area contributed by atoms with E-state index in [-0.39, 0.29) is 23.8 Å². The summed E-state index contributed by atoms with van der Waals surface area (Å²) in [5, 5.41) is 0. The van der Waals surface area contributed by atoms with Crippen LogP contribution in [0.3, 0.4) is 0 Å². The summed E-state index contributed by atoms with van der Waals surface area (Å²) < 4.78 is 88.0. The summed E-state index contributed by atoms with van der Waals surface area (Å²) >= 11 is 0. The molecule has 58 heavy (non-hydrogen) atoms. The maximum Gasteiger partial charge on any atom is 0.252 e. The molecule has 272 valence electrons. The Labute approximate surface area is 354 Å². The number of benzene rings is 9. The minimum Gasteiger partial charge on any atom is -0.311 e. The van der Waals surface area contributed by atoms with E-state index in [0.717, 1.165) is 67.1 Å². The zero-order valence-corrected chi connectivity index (χ0v) is 31.1. The van der Waals surface area contributed by atoms with Crippen molar-refractivity contribution in [3.63, 3.8) is 0 Å². The minimum atomic E-state index is -0.628. The Morgan fingerprint density at radius 1 is 0.362 bits per heavy atom. The van der Waals surface area contributed by atoms with Crippen LogP contribution in [0.1, 0.15) is 13.7 Å². The number of hydrogen-bond acceptors (Lipinski definition) is 3. The first-order valence-corrected chi connectivity index (χ1v) is 19.2. The Morgan fingerprint density at radius 3 is 1.47 bits per heavy atom. The molecular weight excluding hydrogens is 701 g/mol. The van der Waals surface area contributed by atoms with E-state index in [9.17, 15) is 0 Å². The molecule has 9 aromatic carbocycles. The van der Waals surface area contributed by atoms with Gasteiger partial charge in [0.25, 0.3) is 6.71 Å². The van der Waals surface area contributed by atoms with Gasteiger partial charge in [-0.25, -0.2) is 0 Å². The van der Waals surface area contributed by atoms with E-state index in [2.05, 4.69) is 88.7 Å². The van der Waals surface area contributed by atoms with Gasteiger partial charge in [-0.15, -0.1) is 0 Å². The van der Waals surface area contributed by atoms with Crippen LogP contribution in [-0.4, -0.2) is 6.71 Å². The summed E-state index contributed by atoms with van der Waals surface area (Å²) in [6.07, 6.45) is 0. The molecule has 0 amide bonds. The van der Waals surface area contributed by atoms with Crippen molar-refractivity contribution in [3.05, 3.63) is 230 Å². The number of fused-ring (bicyclic) bond motifs is 4. The Kier molecular flexibility index (Phi) is 6.08. The molecule has 2 aliphatic heterocycles. The summed E-state index contributed by atoms with van der Waals surface area (Å²) in [6.45, 7) is -0.339. The van der Waals surface area contributed by atoms with Crippen LogP contribution < -0.4 is 31.1 Å². The van der Waals surface area contributed by atoms with Gasteiger partial charge in [-0.05, 0) is 117 Å². The van der Waals surface area contributed by atoms with Gasteiger partial charge in [0.2, 0.25) is 0 Å². The highest BCUT2D eigenvalue weighted by molar-refractivity contribution is 7.00. The molecule has 0 bridgehead atoms. The zero-order valence-electron chi connectivity index (χ0n) is 41.1. The molecule has 0 atom stereocenters. The van der Waals surface area contributed by atoms with Crippen molar-refractivity contribution >= 4 is 74.3 Å². The van der Waals surface area contributed by atoms with Crippen molar-refractivity contribution in [2.24, 2.45) is 0 Å². The van der Waals surface area contributed by atoms with Gasteiger partial charge >= 0.3 is 0 Å². The zero-order chi connectivity index (χ0) is 47.1. The first-order chi connectivity index (χ1) is 32.9. The van der Waals surface area contributed by atoms with Gasteiger partial charge in [0.1, 0.15) is 0 Å². The van der Waals surface area contributed by atoms with Crippen LogP contribution in [0.5, 0.6) is 0 Å². The van der Waals surface area contributed by atoms with E-state index < -0.39 is 60.4 Å². The molecule has 0 saturated carbocycles. The predicted molar refractivity (Wildman–Crippen MR) is 246 cm³/mol. The predicted octanol–water partition coefficient (Wildman–Crippen LogP) is 12.6. The fourth-order valence-electron chi connectivity index (χ4n) is 8.53. The largest absolute Gasteiger partial charge is 0.311 e. The fraction of sp³-hybridized carbons (Fsp3) is 0. The smallest absolute Gasteiger partial charge is 0.252 e. The number of hydrogen-bond donors (Lipinski definition) is 0. The molecule has 11 rings (SSSR count). The van der Waals surface area contributed by atoms with E-state index >= 15 is 0 Å². The number of nitrogens with zero attached hydrogens (tertiary/aromatic N) is 3. The molecule has 2 aliphatic rings. The number of rotatable bonds is 7. The fourth-order valence-corrected chi connectivity index (χ4v) is 8.53. The molecular formula is C54H38BN3.